The number of hydrogen-bond donors (Lipinski definition) is 0. The number of hydrogen-bond acceptors (Lipinski definition) is 5. The van der Waals surface area contributed by atoms with Gasteiger partial charge in [-0.15, -0.1) is 0 Å². The Hall–Kier alpha value is -3.20. The van der Waals surface area contributed by atoms with E-state index in [4.69, 9.17) is 21.9 Å². The Morgan fingerprint density at radius 1 is 1.14 bits per heavy atom. The van der Waals surface area contributed by atoms with Crippen LogP contribution in [0.3, 0.4) is 0 Å². The molecule has 0 amide bonds. The van der Waals surface area contributed by atoms with Crippen molar-refractivity contribution in [2.75, 3.05) is 16.6 Å². The molecule has 0 N–H and O–H groups in total. The van der Waals surface area contributed by atoms with E-state index in [-0.39, 0.29) is 11.5 Å². The van der Waals surface area contributed by atoms with Crippen LogP contribution in [0.2, 0.25) is 0 Å². The Balaban J connectivity index is 1.68. The SMILES string of the molecule is Cc1nn(CCC#N)c2c1P(=S)(N1c3ccccc3CC1C)/C(=C1\N(C)c3ccccc3C1(C)C)C=N2. The van der Waals surface area contributed by atoms with Crippen LogP contribution in [0.5, 0.6) is 0 Å². The molecule has 2 atom stereocenters. The van der Waals surface area contributed by atoms with Gasteiger partial charge in [0.1, 0.15) is 6.19 Å². The van der Waals surface area contributed by atoms with Crippen molar-refractivity contribution in [1.82, 2.24) is 9.78 Å². The van der Waals surface area contributed by atoms with E-state index < -0.39 is 6.19 Å². The van der Waals surface area contributed by atoms with E-state index >= 15 is 0 Å². The molecule has 6 nitrogen and oxygen atoms in total. The van der Waals surface area contributed by atoms with Crippen LogP contribution < -0.4 is 14.9 Å². The van der Waals surface area contributed by atoms with Gasteiger partial charge >= 0.3 is 0 Å². The third kappa shape index (κ3) is 3.25. The third-order valence-corrected chi connectivity index (χ3v) is 13.0. The Labute approximate surface area is 224 Å². The molecule has 37 heavy (non-hydrogen) atoms. The van der Waals surface area contributed by atoms with Crippen molar-refractivity contribution in [3.8, 4) is 6.07 Å². The molecule has 0 spiro atoms. The third-order valence-electron chi connectivity index (χ3n) is 8.03. The van der Waals surface area contributed by atoms with E-state index in [2.05, 4.69) is 98.9 Å². The number of aliphatic imine (C=N–C) groups is 1. The Morgan fingerprint density at radius 2 is 1.84 bits per heavy atom. The number of allylic oxidation sites excluding steroid dienone is 2. The minimum absolute atomic E-state index is 0.235. The van der Waals surface area contributed by atoms with Crippen molar-refractivity contribution in [3.05, 3.63) is 76.4 Å². The van der Waals surface area contributed by atoms with E-state index in [0.29, 0.717) is 13.0 Å². The zero-order valence-electron chi connectivity index (χ0n) is 21.9. The molecule has 0 bridgehead atoms. The van der Waals surface area contributed by atoms with Crippen molar-refractivity contribution in [3.63, 3.8) is 0 Å². The number of rotatable bonds is 3. The molecule has 3 aliphatic rings. The molecule has 188 valence electrons. The number of benzene rings is 2. The van der Waals surface area contributed by atoms with Gasteiger partial charge in [0, 0.05) is 47.1 Å². The molecule has 1 aromatic heterocycles. The normalized spacial score (nSPS) is 25.1. The number of nitrogens with zero attached hydrogens (tertiary/aromatic N) is 6. The van der Waals surface area contributed by atoms with Crippen LogP contribution in [0.15, 0.2) is 64.5 Å². The number of likely N-dealkylation sites (N-methyl/N-ethyl adjacent to an activating group) is 1. The van der Waals surface area contributed by atoms with Crippen LogP contribution >= 0.6 is 6.19 Å². The smallest absolute Gasteiger partial charge is 0.161 e. The highest BCUT2D eigenvalue weighted by Crippen LogP contribution is 2.67. The first-order valence-electron chi connectivity index (χ1n) is 12.8. The Bertz CT molecular complexity index is 1590. The largest absolute Gasteiger partial charge is 0.346 e. The maximum atomic E-state index is 9.25. The molecule has 3 aliphatic heterocycles. The molecular formula is C29H31N6PS. The summed E-state index contributed by atoms with van der Waals surface area (Å²) >= 11 is 7.00. The predicted molar refractivity (Wildman–Crippen MR) is 156 cm³/mol. The van der Waals surface area contributed by atoms with Crippen LogP contribution in [-0.2, 0) is 30.2 Å². The van der Waals surface area contributed by atoms with Crippen LogP contribution in [0.25, 0.3) is 0 Å². The van der Waals surface area contributed by atoms with Gasteiger partial charge in [0.25, 0.3) is 0 Å². The summed E-state index contributed by atoms with van der Waals surface area (Å²) in [5.41, 5.74) is 6.97. The van der Waals surface area contributed by atoms with Gasteiger partial charge in [-0.3, -0.25) is 0 Å². The van der Waals surface area contributed by atoms with E-state index in [1.807, 2.05) is 10.9 Å². The molecule has 2 unspecified atom stereocenters. The van der Waals surface area contributed by atoms with Gasteiger partial charge in [-0.25, -0.2) is 9.67 Å². The summed E-state index contributed by atoms with van der Waals surface area (Å²) in [4.78, 5) is 7.34. The van der Waals surface area contributed by atoms with Crippen molar-refractivity contribution in [2.45, 2.75) is 58.5 Å². The second-order valence-corrected chi connectivity index (χ2v) is 14.8. The predicted octanol–water partition coefficient (Wildman–Crippen LogP) is 5.93. The highest BCUT2D eigenvalue weighted by molar-refractivity contribution is 8.21. The van der Waals surface area contributed by atoms with E-state index in [9.17, 15) is 5.26 Å². The molecule has 8 heteroatoms. The summed E-state index contributed by atoms with van der Waals surface area (Å²) in [6.07, 6.45) is 0.769. The maximum absolute atomic E-state index is 9.25. The second kappa shape index (κ2) is 8.41. The average Bonchev–Trinajstić information content (AvgIpc) is 3.46. The fourth-order valence-electron chi connectivity index (χ4n) is 6.54. The van der Waals surface area contributed by atoms with Gasteiger partial charge in [0.15, 0.2) is 5.82 Å². The standard InChI is InChI=1S/C29H31N6PS/c1-19-17-21-11-6-8-13-23(21)35(19)36(37)25(18-31-28-26(36)20(2)32-34(28)16-10-15-30)27-29(3,4)22-12-7-9-14-24(22)33(27)5/h6-9,11-14,18-19H,10,16-17H2,1-5H3/b27-25-. The van der Waals surface area contributed by atoms with Crippen molar-refractivity contribution >= 4 is 46.7 Å². The molecule has 6 rings (SSSR count). The number of nitriles is 1. The van der Waals surface area contributed by atoms with E-state index in [0.717, 1.165) is 28.6 Å². The molecule has 0 radical (unpaired) electrons. The van der Waals surface area contributed by atoms with E-state index in [1.54, 1.807) is 0 Å². The topological polar surface area (TPSA) is 60.5 Å². The van der Waals surface area contributed by atoms with Gasteiger partial charge in [-0.1, -0.05) is 62.1 Å². The average molecular weight is 527 g/mol. The maximum Gasteiger partial charge on any atom is 0.161 e. The summed E-state index contributed by atoms with van der Waals surface area (Å²) < 4.78 is 4.41. The molecular weight excluding hydrogens is 495 g/mol. The number of aromatic nitrogens is 2. The number of aryl methyl sites for hydroxylation is 2. The lowest BCUT2D eigenvalue weighted by molar-refractivity contribution is 0.626. The number of fused-ring (bicyclic) bond motifs is 3. The van der Waals surface area contributed by atoms with Crippen molar-refractivity contribution < 1.29 is 0 Å². The van der Waals surface area contributed by atoms with Gasteiger partial charge in [-0.05, 0) is 43.5 Å². The lowest BCUT2D eigenvalue weighted by Crippen LogP contribution is -2.36. The summed E-state index contributed by atoms with van der Waals surface area (Å²) in [5, 5.41) is 16.3. The fourth-order valence-corrected chi connectivity index (χ4v) is 12.0. The first kappa shape index (κ1) is 24.2. The highest BCUT2D eigenvalue weighted by Gasteiger charge is 2.50. The van der Waals surface area contributed by atoms with Crippen LogP contribution in [0.4, 0.5) is 17.2 Å². The molecule has 0 fully saturated rings. The van der Waals surface area contributed by atoms with Gasteiger partial charge in [0.2, 0.25) is 0 Å². The minimum Gasteiger partial charge on any atom is -0.346 e. The summed E-state index contributed by atoms with van der Waals surface area (Å²) in [5.74, 6) is 0.813. The first-order chi connectivity index (χ1) is 17.7. The second-order valence-electron chi connectivity index (χ2n) is 10.7. The first-order valence-corrected chi connectivity index (χ1v) is 15.5. The van der Waals surface area contributed by atoms with E-state index in [1.165, 1.54) is 28.2 Å². The monoisotopic (exact) mass is 526 g/mol. The molecule has 0 saturated heterocycles. The fraction of sp³-hybridized carbons (Fsp3) is 0.345. The number of para-hydroxylation sites is 2. The highest BCUT2D eigenvalue weighted by atomic mass is 32.4. The summed E-state index contributed by atoms with van der Waals surface area (Å²) in [6, 6.07) is 19.8. The number of anilines is 2. The molecule has 2 aromatic carbocycles. The van der Waals surface area contributed by atoms with Crippen LogP contribution in [-0.4, -0.2) is 29.1 Å². The lowest BCUT2D eigenvalue weighted by Gasteiger charge is -2.42. The summed E-state index contributed by atoms with van der Waals surface area (Å²) in [6.45, 7) is 9.44. The quantitative estimate of drug-likeness (QED) is 0.396. The Kier molecular flexibility index (Phi) is 5.49. The minimum atomic E-state index is -2.60. The zero-order chi connectivity index (χ0) is 26.1. The van der Waals surface area contributed by atoms with Crippen LogP contribution in [0.1, 0.15) is 44.0 Å². The van der Waals surface area contributed by atoms with Gasteiger partial charge in [0.05, 0.1) is 30.0 Å². The van der Waals surface area contributed by atoms with Crippen LogP contribution in [0, 0.1) is 18.3 Å². The molecule has 4 heterocycles. The molecule has 3 aromatic rings. The van der Waals surface area contributed by atoms with Gasteiger partial charge < -0.3 is 9.57 Å². The van der Waals surface area contributed by atoms with Crippen molar-refractivity contribution in [1.29, 1.82) is 5.26 Å². The zero-order valence-corrected chi connectivity index (χ0v) is 23.6. The van der Waals surface area contributed by atoms with Crippen molar-refractivity contribution in [2.24, 2.45) is 4.99 Å². The summed E-state index contributed by atoms with van der Waals surface area (Å²) in [7, 11) is 2.16. The molecule has 0 saturated carbocycles. The lowest BCUT2D eigenvalue weighted by atomic mass is 9.84. The molecule has 0 aliphatic carbocycles. The van der Waals surface area contributed by atoms with Gasteiger partial charge in [-0.2, -0.15) is 10.4 Å². The Morgan fingerprint density at radius 3 is 2.57 bits per heavy atom.